The average Bonchev–Trinajstić information content (AvgIpc) is 2.59. The van der Waals surface area contributed by atoms with Crippen molar-refractivity contribution >= 4 is 11.6 Å². The first-order valence-electron chi connectivity index (χ1n) is 9.17. The summed E-state index contributed by atoms with van der Waals surface area (Å²) in [5.74, 6) is 0.735. The summed E-state index contributed by atoms with van der Waals surface area (Å²) in [4.78, 5) is 12.7. The van der Waals surface area contributed by atoms with Crippen LogP contribution in [0.3, 0.4) is 0 Å². The van der Waals surface area contributed by atoms with Gasteiger partial charge in [0.15, 0.2) is 0 Å². The summed E-state index contributed by atoms with van der Waals surface area (Å²) >= 11 is 0. The maximum Gasteiger partial charge on any atom is 0.256 e. The Hall–Kier alpha value is -1.55. The lowest BCUT2D eigenvalue weighted by Gasteiger charge is -2.28. The van der Waals surface area contributed by atoms with Crippen LogP contribution >= 0.6 is 0 Å². The fourth-order valence-corrected chi connectivity index (χ4v) is 2.29. The van der Waals surface area contributed by atoms with Gasteiger partial charge in [0, 0.05) is 12.3 Å². The fourth-order valence-electron chi connectivity index (χ4n) is 2.29. The molecule has 1 N–H and O–H groups in total. The molecule has 136 valence electrons. The standard InChI is InChI=1S/C20H33NO3/c1-6-9-14-20(5,23-15-7-2)19(22)21-17-10-12-18(13-11-17)24-16(4)8-3/h10-13,16H,6-9,14-15H2,1-5H3,(H,21,22)/t16-,20-/m0/s1. The zero-order valence-corrected chi connectivity index (χ0v) is 15.9. The molecule has 0 saturated carbocycles. The first-order valence-corrected chi connectivity index (χ1v) is 9.17. The Bertz CT molecular complexity index is 476. The van der Waals surface area contributed by atoms with Crippen LogP contribution in [-0.2, 0) is 9.53 Å². The molecule has 0 unspecified atom stereocenters. The number of carbonyl (C=O) groups is 1. The summed E-state index contributed by atoms with van der Waals surface area (Å²) < 4.78 is 11.6. The smallest absolute Gasteiger partial charge is 0.256 e. The van der Waals surface area contributed by atoms with Crippen molar-refractivity contribution in [3.05, 3.63) is 24.3 Å². The predicted octanol–water partition coefficient (Wildman–Crippen LogP) is 5.18. The predicted molar refractivity (Wildman–Crippen MR) is 99.6 cm³/mol. The third kappa shape index (κ3) is 6.52. The van der Waals surface area contributed by atoms with Crippen LogP contribution in [-0.4, -0.2) is 24.2 Å². The summed E-state index contributed by atoms with van der Waals surface area (Å²) in [6.07, 6.45) is 4.78. The number of rotatable bonds is 11. The molecule has 0 radical (unpaired) electrons. The van der Waals surface area contributed by atoms with E-state index in [-0.39, 0.29) is 12.0 Å². The van der Waals surface area contributed by atoms with E-state index in [1.807, 2.05) is 45.0 Å². The van der Waals surface area contributed by atoms with Crippen LogP contribution in [0.2, 0.25) is 0 Å². The molecule has 0 aromatic heterocycles. The summed E-state index contributed by atoms with van der Waals surface area (Å²) in [7, 11) is 0. The third-order valence-electron chi connectivity index (χ3n) is 4.14. The zero-order chi connectivity index (χ0) is 18.0. The number of hydrogen-bond acceptors (Lipinski definition) is 3. The Balaban J connectivity index is 2.71. The van der Waals surface area contributed by atoms with Crippen LogP contribution in [0.25, 0.3) is 0 Å². The number of amides is 1. The zero-order valence-electron chi connectivity index (χ0n) is 15.9. The second-order valence-electron chi connectivity index (χ2n) is 6.50. The molecule has 0 aliphatic heterocycles. The minimum absolute atomic E-state index is 0.0833. The number of unbranched alkanes of at least 4 members (excludes halogenated alkanes) is 1. The van der Waals surface area contributed by atoms with E-state index in [0.29, 0.717) is 6.61 Å². The highest BCUT2D eigenvalue weighted by atomic mass is 16.5. The first-order chi connectivity index (χ1) is 11.4. The molecule has 0 saturated heterocycles. The molecule has 0 aliphatic carbocycles. The summed E-state index contributed by atoms with van der Waals surface area (Å²) in [5, 5.41) is 2.98. The molecular weight excluding hydrogens is 302 g/mol. The summed E-state index contributed by atoms with van der Waals surface area (Å²) in [6.45, 7) is 10.8. The van der Waals surface area contributed by atoms with E-state index in [4.69, 9.17) is 9.47 Å². The molecule has 4 heteroatoms. The Labute approximate surface area is 146 Å². The Morgan fingerprint density at radius 1 is 1.17 bits per heavy atom. The molecule has 0 aliphatic rings. The second-order valence-corrected chi connectivity index (χ2v) is 6.50. The number of benzene rings is 1. The monoisotopic (exact) mass is 335 g/mol. The number of hydrogen-bond donors (Lipinski definition) is 1. The van der Waals surface area contributed by atoms with Crippen molar-refractivity contribution in [2.45, 2.75) is 78.4 Å². The van der Waals surface area contributed by atoms with Gasteiger partial charge in [0.05, 0.1) is 6.10 Å². The average molecular weight is 335 g/mol. The number of carbonyl (C=O) groups excluding carboxylic acids is 1. The van der Waals surface area contributed by atoms with Crippen LogP contribution in [0.5, 0.6) is 5.75 Å². The van der Waals surface area contributed by atoms with E-state index < -0.39 is 5.60 Å². The fraction of sp³-hybridized carbons (Fsp3) is 0.650. The highest BCUT2D eigenvalue weighted by molar-refractivity contribution is 5.97. The van der Waals surface area contributed by atoms with Gasteiger partial charge in [0.2, 0.25) is 0 Å². The number of ether oxygens (including phenoxy) is 2. The van der Waals surface area contributed by atoms with E-state index in [1.54, 1.807) is 0 Å². The lowest BCUT2D eigenvalue weighted by molar-refractivity contribution is -0.140. The highest BCUT2D eigenvalue weighted by Crippen LogP contribution is 2.23. The summed E-state index contributed by atoms with van der Waals surface area (Å²) in [5.41, 5.74) is -0.0166. The van der Waals surface area contributed by atoms with Gasteiger partial charge < -0.3 is 14.8 Å². The molecule has 1 aromatic rings. The largest absolute Gasteiger partial charge is 0.491 e. The topological polar surface area (TPSA) is 47.6 Å². The SMILES string of the molecule is CCCC[C@](C)(OCCC)C(=O)Nc1ccc(O[C@@H](C)CC)cc1. The van der Waals surface area contributed by atoms with Gasteiger partial charge in [-0.2, -0.15) is 0 Å². The lowest BCUT2D eigenvalue weighted by atomic mass is 9.97. The van der Waals surface area contributed by atoms with Crippen LogP contribution in [0, 0.1) is 0 Å². The van der Waals surface area contributed by atoms with Gasteiger partial charge >= 0.3 is 0 Å². The Morgan fingerprint density at radius 2 is 1.83 bits per heavy atom. The maximum absolute atomic E-state index is 12.7. The van der Waals surface area contributed by atoms with Crippen molar-refractivity contribution in [2.75, 3.05) is 11.9 Å². The number of nitrogens with one attached hydrogen (secondary N) is 1. The molecule has 1 aromatic carbocycles. The molecule has 1 amide bonds. The molecule has 2 atom stereocenters. The maximum atomic E-state index is 12.7. The molecule has 0 spiro atoms. The minimum Gasteiger partial charge on any atom is -0.491 e. The molecule has 0 heterocycles. The van der Waals surface area contributed by atoms with E-state index in [0.717, 1.165) is 43.5 Å². The van der Waals surface area contributed by atoms with Crippen molar-refractivity contribution in [3.63, 3.8) is 0 Å². The van der Waals surface area contributed by atoms with Gasteiger partial charge in [0.1, 0.15) is 11.4 Å². The van der Waals surface area contributed by atoms with Crippen molar-refractivity contribution in [2.24, 2.45) is 0 Å². The molecule has 24 heavy (non-hydrogen) atoms. The number of anilines is 1. The quantitative estimate of drug-likeness (QED) is 0.606. The second kappa shape index (κ2) is 10.3. The van der Waals surface area contributed by atoms with Crippen LogP contribution in [0.4, 0.5) is 5.69 Å². The van der Waals surface area contributed by atoms with E-state index in [2.05, 4.69) is 19.2 Å². The van der Waals surface area contributed by atoms with E-state index in [1.165, 1.54) is 0 Å². The summed E-state index contributed by atoms with van der Waals surface area (Å²) in [6, 6.07) is 7.52. The highest BCUT2D eigenvalue weighted by Gasteiger charge is 2.33. The van der Waals surface area contributed by atoms with Gasteiger partial charge in [-0.15, -0.1) is 0 Å². The first kappa shape index (κ1) is 20.5. The van der Waals surface area contributed by atoms with Crippen LogP contribution < -0.4 is 10.1 Å². The van der Waals surface area contributed by atoms with E-state index in [9.17, 15) is 4.79 Å². The molecule has 0 fully saturated rings. The van der Waals surface area contributed by atoms with Crippen LogP contribution in [0.1, 0.15) is 66.7 Å². The van der Waals surface area contributed by atoms with Gasteiger partial charge in [-0.1, -0.05) is 33.6 Å². The van der Waals surface area contributed by atoms with Crippen LogP contribution in [0.15, 0.2) is 24.3 Å². The van der Waals surface area contributed by atoms with Gasteiger partial charge in [0.25, 0.3) is 5.91 Å². The molecular formula is C20H33NO3. The molecule has 0 bridgehead atoms. The molecule has 4 nitrogen and oxygen atoms in total. The Morgan fingerprint density at radius 3 is 2.38 bits per heavy atom. The van der Waals surface area contributed by atoms with Gasteiger partial charge in [-0.3, -0.25) is 4.79 Å². The van der Waals surface area contributed by atoms with Gasteiger partial charge in [-0.25, -0.2) is 0 Å². The molecule has 1 rings (SSSR count). The van der Waals surface area contributed by atoms with Crippen molar-refractivity contribution in [1.82, 2.24) is 0 Å². The Kier molecular flexibility index (Phi) is 8.83. The van der Waals surface area contributed by atoms with Gasteiger partial charge in [-0.05, 0) is 57.4 Å². The van der Waals surface area contributed by atoms with Crippen molar-refractivity contribution in [1.29, 1.82) is 0 Å². The third-order valence-corrected chi connectivity index (χ3v) is 4.14. The van der Waals surface area contributed by atoms with E-state index >= 15 is 0 Å². The minimum atomic E-state index is -0.780. The normalized spacial score (nSPS) is 14.7. The lowest BCUT2D eigenvalue weighted by Crippen LogP contribution is -2.43. The van der Waals surface area contributed by atoms with Crippen molar-refractivity contribution in [3.8, 4) is 5.75 Å². The van der Waals surface area contributed by atoms with Crippen molar-refractivity contribution < 1.29 is 14.3 Å².